The molecule has 98 valence electrons. The van der Waals surface area contributed by atoms with Crippen LogP contribution in [0.2, 0.25) is 5.02 Å². The van der Waals surface area contributed by atoms with Gasteiger partial charge in [-0.3, -0.25) is 0 Å². The van der Waals surface area contributed by atoms with Crippen molar-refractivity contribution >= 4 is 23.0 Å². The largest absolute Gasteiger partial charge is 0.497 e. The van der Waals surface area contributed by atoms with Gasteiger partial charge in [0, 0.05) is 19.8 Å². The standard InChI is InChI=1S/C14H19ClN2O/c1-17(2)14-7-6-11(9-13(14)15)16-10-12-5-3-4-8-18-12/h4,6-9,12,16H,3,5,10H2,1-2H3. The first-order valence-electron chi connectivity index (χ1n) is 6.18. The van der Waals surface area contributed by atoms with Crippen LogP contribution in [0.15, 0.2) is 30.5 Å². The Morgan fingerprint density at radius 2 is 2.28 bits per heavy atom. The number of rotatable bonds is 4. The molecule has 0 fully saturated rings. The topological polar surface area (TPSA) is 24.5 Å². The number of hydrogen-bond acceptors (Lipinski definition) is 3. The fraction of sp³-hybridized carbons (Fsp3) is 0.429. The van der Waals surface area contributed by atoms with Crippen molar-refractivity contribution < 1.29 is 4.74 Å². The number of halogens is 1. The second-order valence-corrected chi connectivity index (χ2v) is 5.06. The summed E-state index contributed by atoms with van der Waals surface area (Å²) in [5, 5.41) is 4.12. The molecule has 0 amide bonds. The highest BCUT2D eigenvalue weighted by atomic mass is 35.5. The number of nitrogens with one attached hydrogen (secondary N) is 1. The van der Waals surface area contributed by atoms with E-state index < -0.39 is 0 Å². The van der Waals surface area contributed by atoms with Gasteiger partial charge in [-0.05, 0) is 37.1 Å². The Hall–Kier alpha value is -1.35. The number of nitrogens with zero attached hydrogens (tertiary/aromatic N) is 1. The Kier molecular flexibility index (Phi) is 4.37. The first kappa shape index (κ1) is 13.1. The van der Waals surface area contributed by atoms with Crippen LogP contribution in [-0.4, -0.2) is 26.7 Å². The summed E-state index contributed by atoms with van der Waals surface area (Å²) in [7, 11) is 3.97. The number of hydrogen-bond donors (Lipinski definition) is 1. The van der Waals surface area contributed by atoms with Crippen LogP contribution in [0.3, 0.4) is 0 Å². The van der Waals surface area contributed by atoms with Crippen molar-refractivity contribution in [1.29, 1.82) is 0 Å². The number of ether oxygens (including phenoxy) is 1. The van der Waals surface area contributed by atoms with Crippen molar-refractivity contribution in [1.82, 2.24) is 0 Å². The highest BCUT2D eigenvalue weighted by Gasteiger charge is 2.11. The summed E-state index contributed by atoms with van der Waals surface area (Å²) in [5.41, 5.74) is 2.06. The van der Waals surface area contributed by atoms with Gasteiger partial charge in [0.25, 0.3) is 0 Å². The molecule has 1 atom stereocenters. The van der Waals surface area contributed by atoms with Crippen molar-refractivity contribution in [2.75, 3.05) is 30.9 Å². The van der Waals surface area contributed by atoms with Gasteiger partial charge in [-0.1, -0.05) is 11.6 Å². The van der Waals surface area contributed by atoms with E-state index >= 15 is 0 Å². The summed E-state index contributed by atoms with van der Waals surface area (Å²) in [6.07, 6.45) is 6.25. The number of allylic oxidation sites excluding steroid dienone is 1. The molecule has 4 heteroatoms. The highest BCUT2D eigenvalue weighted by Crippen LogP contribution is 2.27. The van der Waals surface area contributed by atoms with Crippen LogP contribution >= 0.6 is 11.6 Å². The predicted molar refractivity (Wildman–Crippen MR) is 77.5 cm³/mol. The van der Waals surface area contributed by atoms with Crippen LogP contribution in [0, 0.1) is 0 Å². The molecule has 3 nitrogen and oxygen atoms in total. The average Bonchev–Trinajstić information content (AvgIpc) is 2.37. The van der Waals surface area contributed by atoms with Crippen molar-refractivity contribution in [2.24, 2.45) is 0 Å². The molecule has 0 radical (unpaired) electrons. The van der Waals surface area contributed by atoms with E-state index in [0.29, 0.717) is 0 Å². The Morgan fingerprint density at radius 1 is 1.44 bits per heavy atom. The molecule has 18 heavy (non-hydrogen) atoms. The van der Waals surface area contributed by atoms with E-state index in [9.17, 15) is 0 Å². The molecule has 1 aromatic carbocycles. The van der Waals surface area contributed by atoms with E-state index in [1.54, 1.807) is 6.26 Å². The van der Waals surface area contributed by atoms with Crippen LogP contribution in [0.4, 0.5) is 11.4 Å². The third-order valence-corrected chi connectivity index (χ3v) is 3.29. The molecule has 1 aliphatic heterocycles. The summed E-state index contributed by atoms with van der Waals surface area (Å²) in [4.78, 5) is 2.00. The van der Waals surface area contributed by atoms with Gasteiger partial charge in [-0.25, -0.2) is 0 Å². The van der Waals surface area contributed by atoms with Crippen molar-refractivity contribution in [3.8, 4) is 0 Å². The first-order chi connectivity index (χ1) is 8.66. The maximum atomic E-state index is 6.22. The van der Waals surface area contributed by atoms with Crippen LogP contribution in [0.1, 0.15) is 12.8 Å². The molecule has 0 bridgehead atoms. The molecule has 1 aromatic rings. The lowest BCUT2D eigenvalue weighted by molar-refractivity contribution is 0.135. The van der Waals surface area contributed by atoms with E-state index in [1.165, 1.54) is 0 Å². The molecule has 2 rings (SSSR count). The quantitative estimate of drug-likeness (QED) is 0.903. The SMILES string of the molecule is CN(C)c1ccc(NCC2CCC=CO2)cc1Cl. The maximum absolute atomic E-state index is 6.22. The Labute approximate surface area is 113 Å². The van der Waals surface area contributed by atoms with Crippen LogP contribution < -0.4 is 10.2 Å². The molecule has 1 heterocycles. The second-order valence-electron chi connectivity index (χ2n) is 4.65. The molecule has 1 aliphatic rings. The molecule has 0 spiro atoms. The highest BCUT2D eigenvalue weighted by molar-refractivity contribution is 6.33. The second kappa shape index (κ2) is 6.01. The summed E-state index contributed by atoms with van der Waals surface area (Å²) < 4.78 is 5.51. The van der Waals surface area contributed by atoms with Crippen molar-refractivity contribution in [3.63, 3.8) is 0 Å². The summed E-state index contributed by atoms with van der Waals surface area (Å²) in [6, 6.07) is 6.02. The molecule has 1 N–H and O–H groups in total. The van der Waals surface area contributed by atoms with Gasteiger partial charge in [0.2, 0.25) is 0 Å². The fourth-order valence-electron chi connectivity index (χ4n) is 1.95. The Balaban J connectivity index is 1.93. The molecule has 0 aliphatic carbocycles. The van der Waals surface area contributed by atoms with Crippen molar-refractivity contribution in [3.05, 3.63) is 35.6 Å². The Bertz CT molecular complexity index is 432. The lowest BCUT2D eigenvalue weighted by atomic mass is 10.1. The van der Waals surface area contributed by atoms with Crippen LogP contribution in [0.5, 0.6) is 0 Å². The molecule has 0 aromatic heterocycles. The zero-order valence-electron chi connectivity index (χ0n) is 10.8. The van der Waals surface area contributed by atoms with Gasteiger partial charge in [0.05, 0.1) is 23.5 Å². The van der Waals surface area contributed by atoms with Gasteiger partial charge in [0.1, 0.15) is 6.10 Å². The van der Waals surface area contributed by atoms with E-state index in [0.717, 1.165) is 35.8 Å². The van der Waals surface area contributed by atoms with E-state index in [4.69, 9.17) is 16.3 Å². The predicted octanol–water partition coefficient (Wildman–Crippen LogP) is 3.51. The zero-order chi connectivity index (χ0) is 13.0. The minimum absolute atomic E-state index is 0.252. The van der Waals surface area contributed by atoms with Crippen LogP contribution in [0.25, 0.3) is 0 Å². The molecular formula is C14H19ClN2O. The fourth-order valence-corrected chi connectivity index (χ4v) is 2.30. The third kappa shape index (κ3) is 3.33. The van der Waals surface area contributed by atoms with Crippen molar-refractivity contribution in [2.45, 2.75) is 18.9 Å². The summed E-state index contributed by atoms with van der Waals surface area (Å²) in [6.45, 7) is 0.808. The number of benzene rings is 1. The minimum Gasteiger partial charge on any atom is -0.497 e. The third-order valence-electron chi connectivity index (χ3n) is 2.99. The van der Waals surface area contributed by atoms with E-state index in [2.05, 4.69) is 11.4 Å². The average molecular weight is 267 g/mol. The first-order valence-corrected chi connectivity index (χ1v) is 6.56. The summed E-state index contributed by atoms with van der Waals surface area (Å²) in [5.74, 6) is 0. The van der Waals surface area contributed by atoms with Crippen LogP contribution in [-0.2, 0) is 4.74 Å². The number of anilines is 2. The zero-order valence-corrected chi connectivity index (χ0v) is 11.6. The van der Waals surface area contributed by atoms with Gasteiger partial charge >= 0.3 is 0 Å². The van der Waals surface area contributed by atoms with Gasteiger partial charge < -0.3 is 15.0 Å². The monoisotopic (exact) mass is 266 g/mol. The van der Waals surface area contributed by atoms with Gasteiger partial charge in [0.15, 0.2) is 0 Å². The smallest absolute Gasteiger partial charge is 0.115 e. The molecule has 0 saturated heterocycles. The van der Waals surface area contributed by atoms with E-state index in [-0.39, 0.29) is 6.10 Å². The molecule has 1 unspecified atom stereocenters. The minimum atomic E-state index is 0.252. The summed E-state index contributed by atoms with van der Waals surface area (Å²) >= 11 is 6.22. The van der Waals surface area contributed by atoms with Gasteiger partial charge in [-0.2, -0.15) is 0 Å². The lowest BCUT2D eigenvalue weighted by Gasteiger charge is -2.21. The molecule has 0 saturated carbocycles. The van der Waals surface area contributed by atoms with E-state index in [1.807, 2.05) is 37.2 Å². The Morgan fingerprint density at radius 3 is 2.89 bits per heavy atom. The lowest BCUT2D eigenvalue weighted by Crippen LogP contribution is -2.23. The molecular weight excluding hydrogens is 248 g/mol. The maximum Gasteiger partial charge on any atom is 0.115 e. The van der Waals surface area contributed by atoms with Gasteiger partial charge in [-0.15, -0.1) is 0 Å². The normalized spacial score (nSPS) is 18.3.